The second-order valence-corrected chi connectivity index (χ2v) is 9.68. The van der Waals surface area contributed by atoms with Crippen LogP contribution in [0.15, 0.2) is 53.7 Å². The predicted molar refractivity (Wildman–Crippen MR) is 128 cm³/mol. The molecule has 2 heterocycles. The zero-order valence-corrected chi connectivity index (χ0v) is 20.7. The van der Waals surface area contributed by atoms with E-state index in [0.29, 0.717) is 23.0 Å². The summed E-state index contributed by atoms with van der Waals surface area (Å²) in [7, 11) is 1.73. The first kappa shape index (κ1) is 24.8. The second kappa shape index (κ2) is 9.98. The molecular weight excluding hydrogens is 434 g/mol. The Hall–Kier alpha value is -3.82. The molecule has 0 spiro atoms. The van der Waals surface area contributed by atoms with E-state index in [1.165, 1.54) is 9.58 Å². The highest BCUT2D eigenvalue weighted by Gasteiger charge is 2.33. The van der Waals surface area contributed by atoms with Crippen LogP contribution in [-0.2, 0) is 23.2 Å². The fourth-order valence-electron chi connectivity index (χ4n) is 3.10. The van der Waals surface area contributed by atoms with E-state index in [0.717, 1.165) is 5.56 Å². The van der Waals surface area contributed by atoms with E-state index < -0.39 is 17.2 Å². The molecule has 0 atom stereocenters. The standard InChI is InChI=1S/C24H31N7O3/c1-23(2,3)31(22(32)34-24(4,5)6)19-15-11-14-18(25-19)16-33-27-20(17-12-9-8-10-13-17)21-26-28-29-30(21)7/h8-15H,16H2,1-7H3/b27-20-. The van der Waals surface area contributed by atoms with Crippen molar-refractivity contribution in [1.29, 1.82) is 0 Å². The van der Waals surface area contributed by atoms with Crippen LogP contribution in [0.2, 0.25) is 0 Å². The summed E-state index contributed by atoms with van der Waals surface area (Å²) in [4.78, 5) is 24.7. The highest BCUT2D eigenvalue weighted by molar-refractivity contribution is 6.10. The first-order chi connectivity index (χ1) is 16.0. The maximum Gasteiger partial charge on any atom is 0.416 e. The quantitative estimate of drug-likeness (QED) is 0.398. The van der Waals surface area contributed by atoms with Crippen molar-refractivity contribution in [3.05, 3.63) is 65.6 Å². The van der Waals surface area contributed by atoms with Gasteiger partial charge in [-0.25, -0.2) is 14.5 Å². The molecule has 0 radical (unpaired) electrons. The van der Waals surface area contributed by atoms with E-state index in [-0.39, 0.29) is 6.61 Å². The number of hydrogen-bond donors (Lipinski definition) is 0. The number of nitrogens with zero attached hydrogens (tertiary/aromatic N) is 7. The van der Waals surface area contributed by atoms with Crippen LogP contribution in [0.5, 0.6) is 0 Å². The van der Waals surface area contributed by atoms with Crippen molar-refractivity contribution in [2.24, 2.45) is 12.2 Å². The number of hydrogen-bond acceptors (Lipinski definition) is 8. The first-order valence-corrected chi connectivity index (χ1v) is 10.9. The first-order valence-electron chi connectivity index (χ1n) is 10.9. The van der Waals surface area contributed by atoms with Crippen molar-refractivity contribution < 1.29 is 14.4 Å². The number of oxime groups is 1. The summed E-state index contributed by atoms with van der Waals surface area (Å²) in [5.74, 6) is 0.935. The third-order valence-electron chi connectivity index (χ3n) is 4.52. The molecule has 180 valence electrons. The lowest BCUT2D eigenvalue weighted by Crippen LogP contribution is -2.48. The third-order valence-corrected chi connectivity index (χ3v) is 4.52. The molecule has 2 aromatic heterocycles. The van der Waals surface area contributed by atoms with Gasteiger partial charge in [-0.1, -0.05) is 41.6 Å². The molecule has 0 N–H and O–H groups in total. The lowest BCUT2D eigenvalue weighted by molar-refractivity contribution is 0.0548. The fourth-order valence-corrected chi connectivity index (χ4v) is 3.10. The largest absolute Gasteiger partial charge is 0.443 e. The van der Waals surface area contributed by atoms with Gasteiger partial charge < -0.3 is 9.57 Å². The molecule has 1 amide bonds. The van der Waals surface area contributed by atoms with Crippen LogP contribution in [0, 0.1) is 0 Å². The molecule has 34 heavy (non-hydrogen) atoms. The molecular formula is C24H31N7O3. The van der Waals surface area contributed by atoms with Gasteiger partial charge in [0.25, 0.3) is 0 Å². The van der Waals surface area contributed by atoms with E-state index in [1.807, 2.05) is 77.9 Å². The van der Waals surface area contributed by atoms with E-state index in [2.05, 4.69) is 25.7 Å². The molecule has 0 bridgehead atoms. The van der Waals surface area contributed by atoms with Crippen LogP contribution in [0.25, 0.3) is 0 Å². The number of carbonyl (C=O) groups excluding carboxylic acids is 1. The molecule has 3 rings (SSSR count). The van der Waals surface area contributed by atoms with Crippen molar-refractivity contribution in [3.8, 4) is 0 Å². The Kier molecular flexibility index (Phi) is 7.29. The van der Waals surface area contributed by atoms with Gasteiger partial charge in [0.2, 0.25) is 5.82 Å². The molecule has 10 heteroatoms. The van der Waals surface area contributed by atoms with Crippen LogP contribution in [0.1, 0.15) is 58.6 Å². The smallest absolute Gasteiger partial charge is 0.416 e. The number of anilines is 1. The van der Waals surface area contributed by atoms with Gasteiger partial charge in [-0.2, -0.15) is 0 Å². The number of tetrazole rings is 1. The van der Waals surface area contributed by atoms with Crippen molar-refractivity contribution >= 4 is 17.6 Å². The molecule has 1 aromatic carbocycles. The minimum Gasteiger partial charge on any atom is -0.443 e. The van der Waals surface area contributed by atoms with E-state index in [9.17, 15) is 4.79 Å². The number of aromatic nitrogens is 5. The molecule has 3 aromatic rings. The van der Waals surface area contributed by atoms with Gasteiger partial charge >= 0.3 is 6.09 Å². The number of amides is 1. The van der Waals surface area contributed by atoms with Crippen molar-refractivity contribution in [3.63, 3.8) is 0 Å². The normalized spacial score (nSPS) is 12.4. The Morgan fingerprint density at radius 1 is 1.03 bits per heavy atom. The summed E-state index contributed by atoms with van der Waals surface area (Å²) in [5.41, 5.74) is 0.729. The molecule has 10 nitrogen and oxygen atoms in total. The summed E-state index contributed by atoms with van der Waals surface area (Å²) < 4.78 is 7.13. The topological polar surface area (TPSA) is 108 Å². The lowest BCUT2D eigenvalue weighted by Gasteiger charge is -2.36. The zero-order chi connectivity index (χ0) is 24.9. The number of rotatable bonds is 6. The number of benzene rings is 1. The molecule has 0 unspecified atom stereocenters. The van der Waals surface area contributed by atoms with E-state index >= 15 is 0 Å². The van der Waals surface area contributed by atoms with E-state index in [1.54, 1.807) is 19.2 Å². The van der Waals surface area contributed by atoms with Gasteiger partial charge in [0, 0.05) is 18.2 Å². The van der Waals surface area contributed by atoms with Crippen molar-refractivity contribution in [1.82, 2.24) is 25.2 Å². The molecule has 0 aliphatic heterocycles. The summed E-state index contributed by atoms with van der Waals surface area (Å²) in [6, 6.07) is 14.9. The van der Waals surface area contributed by atoms with Crippen LogP contribution < -0.4 is 4.90 Å². The fraction of sp³-hybridized carbons (Fsp3) is 0.417. The molecule has 0 saturated heterocycles. The Balaban J connectivity index is 1.84. The second-order valence-electron chi connectivity index (χ2n) is 9.68. The van der Waals surface area contributed by atoms with Crippen molar-refractivity contribution in [2.45, 2.75) is 59.3 Å². The zero-order valence-electron chi connectivity index (χ0n) is 20.7. The Labute approximate surface area is 199 Å². The Morgan fingerprint density at radius 2 is 1.74 bits per heavy atom. The van der Waals surface area contributed by atoms with Gasteiger partial charge in [-0.15, -0.1) is 5.10 Å². The molecule has 0 aliphatic carbocycles. The summed E-state index contributed by atoms with van der Waals surface area (Å²) >= 11 is 0. The molecule has 0 saturated carbocycles. The monoisotopic (exact) mass is 465 g/mol. The molecule has 0 aliphatic rings. The lowest BCUT2D eigenvalue weighted by atomic mass is 10.1. The summed E-state index contributed by atoms with van der Waals surface area (Å²) in [5, 5.41) is 15.9. The number of ether oxygens (including phenoxy) is 1. The number of aryl methyl sites for hydroxylation is 1. The average Bonchev–Trinajstić information content (AvgIpc) is 3.15. The Morgan fingerprint density at radius 3 is 2.32 bits per heavy atom. The van der Waals surface area contributed by atoms with Crippen LogP contribution in [0.3, 0.4) is 0 Å². The summed E-state index contributed by atoms with van der Waals surface area (Å²) in [6.07, 6.45) is -0.468. The minimum absolute atomic E-state index is 0.0851. The van der Waals surface area contributed by atoms with Crippen LogP contribution in [-0.4, -0.2) is 48.1 Å². The number of carbonyl (C=O) groups is 1. The van der Waals surface area contributed by atoms with Gasteiger partial charge in [-0.05, 0) is 64.1 Å². The van der Waals surface area contributed by atoms with Gasteiger partial charge in [0.1, 0.15) is 11.4 Å². The average molecular weight is 466 g/mol. The van der Waals surface area contributed by atoms with Gasteiger partial charge in [-0.3, -0.25) is 4.90 Å². The van der Waals surface area contributed by atoms with Crippen LogP contribution in [0.4, 0.5) is 10.6 Å². The Bertz CT molecular complexity index is 1150. The van der Waals surface area contributed by atoms with Gasteiger partial charge in [0.05, 0.1) is 5.69 Å². The summed E-state index contributed by atoms with van der Waals surface area (Å²) in [6.45, 7) is 11.4. The SMILES string of the molecule is Cn1nnnc1/C(=N\OCc1cccc(N(C(=O)OC(C)(C)C)C(C)(C)C)n1)c1ccccc1. The maximum absolute atomic E-state index is 12.9. The van der Waals surface area contributed by atoms with Gasteiger partial charge in [0.15, 0.2) is 12.3 Å². The highest BCUT2D eigenvalue weighted by Crippen LogP contribution is 2.25. The van der Waals surface area contributed by atoms with Crippen LogP contribution >= 0.6 is 0 Å². The number of pyridine rings is 1. The van der Waals surface area contributed by atoms with Crippen molar-refractivity contribution in [2.75, 3.05) is 4.90 Å². The predicted octanol–water partition coefficient (Wildman–Crippen LogP) is 4.11. The minimum atomic E-state index is -0.626. The maximum atomic E-state index is 12.9. The third kappa shape index (κ3) is 6.37. The van der Waals surface area contributed by atoms with E-state index in [4.69, 9.17) is 9.57 Å². The highest BCUT2D eigenvalue weighted by atomic mass is 16.6. The molecule has 0 fully saturated rings.